The van der Waals surface area contributed by atoms with Gasteiger partial charge in [-0.25, -0.2) is 13.4 Å². The van der Waals surface area contributed by atoms with Crippen molar-refractivity contribution < 1.29 is 17.9 Å². The summed E-state index contributed by atoms with van der Waals surface area (Å²) in [5.74, 6) is -0.0823. The maximum absolute atomic E-state index is 12.8. The Morgan fingerprint density at radius 2 is 2.11 bits per heavy atom. The quantitative estimate of drug-likeness (QED) is 0.644. The highest BCUT2D eigenvalue weighted by molar-refractivity contribution is 7.91. The second-order valence-electron chi connectivity index (χ2n) is 6.85. The van der Waals surface area contributed by atoms with Crippen molar-refractivity contribution in [3.8, 4) is 0 Å². The van der Waals surface area contributed by atoms with Gasteiger partial charge in [0.1, 0.15) is 0 Å². The van der Waals surface area contributed by atoms with Gasteiger partial charge in [0.2, 0.25) is 15.0 Å². The molecule has 2 heterocycles. The van der Waals surface area contributed by atoms with E-state index in [9.17, 15) is 8.42 Å². The van der Waals surface area contributed by atoms with Crippen LogP contribution in [0.15, 0.2) is 41.7 Å². The maximum Gasteiger partial charge on any atom is 0.228 e. The molecule has 1 fully saturated rings. The minimum Gasteiger partial charge on any atom is -0.384 e. The van der Waals surface area contributed by atoms with Crippen molar-refractivity contribution in [2.24, 2.45) is 0 Å². The van der Waals surface area contributed by atoms with Gasteiger partial charge in [-0.2, -0.15) is 0 Å². The summed E-state index contributed by atoms with van der Waals surface area (Å²) < 4.78 is 37.8. The molecular formula is C19H27N3O4S. The van der Waals surface area contributed by atoms with Crippen LogP contribution >= 0.6 is 0 Å². The Kier molecular flexibility index (Phi) is 6.64. The van der Waals surface area contributed by atoms with Gasteiger partial charge in [-0.05, 0) is 19.0 Å². The highest BCUT2D eigenvalue weighted by Gasteiger charge is 2.26. The van der Waals surface area contributed by atoms with E-state index < -0.39 is 9.84 Å². The van der Waals surface area contributed by atoms with Crippen molar-refractivity contribution in [1.82, 2.24) is 14.5 Å². The van der Waals surface area contributed by atoms with Crippen molar-refractivity contribution in [1.29, 1.82) is 0 Å². The number of hydrogen-bond donors (Lipinski definition) is 0. The van der Waals surface area contributed by atoms with Crippen LogP contribution in [0, 0.1) is 0 Å². The fraction of sp³-hybridized carbons (Fsp3) is 0.526. The monoisotopic (exact) mass is 393 g/mol. The zero-order valence-corrected chi connectivity index (χ0v) is 16.7. The SMILES string of the molecule is COCCS(=O)(=O)c1ncc(CN(C)[C@@H]2CCOC2)n1Cc1ccccc1. The normalized spacial score (nSPS) is 17.7. The molecule has 3 rings (SSSR count). The predicted octanol–water partition coefficient (Wildman–Crippen LogP) is 1.57. The molecule has 1 saturated heterocycles. The molecule has 7 nitrogen and oxygen atoms in total. The van der Waals surface area contributed by atoms with E-state index in [-0.39, 0.29) is 17.5 Å². The number of hydrogen-bond acceptors (Lipinski definition) is 6. The van der Waals surface area contributed by atoms with Gasteiger partial charge in [-0.15, -0.1) is 0 Å². The molecule has 0 amide bonds. The molecule has 1 aliphatic heterocycles. The molecule has 8 heteroatoms. The summed E-state index contributed by atoms with van der Waals surface area (Å²) in [4.78, 5) is 6.48. The van der Waals surface area contributed by atoms with Crippen molar-refractivity contribution in [3.63, 3.8) is 0 Å². The zero-order chi connectivity index (χ0) is 19.3. The number of ether oxygens (including phenoxy) is 2. The van der Waals surface area contributed by atoms with Crippen molar-refractivity contribution >= 4 is 9.84 Å². The van der Waals surface area contributed by atoms with Gasteiger partial charge in [0, 0.05) is 26.3 Å². The Hall–Kier alpha value is -1.74. The van der Waals surface area contributed by atoms with Gasteiger partial charge in [-0.1, -0.05) is 30.3 Å². The summed E-state index contributed by atoms with van der Waals surface area (Å²) in [6.45, 7) is 2.72. The molecule has 148 valence electrons. The predicted molar refractivity (Wildman–Crippen MR) is 102 cm³/mol. The van der Waals surface area contributed by atoms with Crippen LogP contribution in [0.1, 0.15) is 17.7 Å². The van der Waals surface area contributed by atoms with E-state index >= 15 is 0 Å². The summed E-state index contributed by atoms with van der Waals surface area (Å²) in [7, 11) is 0.0125. The van der Waals surface area contributed by atoms with Crippen molar-refractivity contribution in [2.75, 3.05) is 39.7 Å². The van der Waals surface area contributed by atoms with E-state index in [1.54, 1.807) is 6.20 Å². The number of benzene rings is 1. The van der Waals surface area contributed by atoms with Crippen LogP contribution in [-0.2, 0) is 32.4 Å². The average molecular weight is 394 g/mol. The van der Waals surface area contributed by atoms with Crippen LogP contribution < -0.4 is 0 Å². The van der Waals surface area contributed by atoms with Gasteiger partial charge in [0.15, 0.2) is 0 Å². The molecule has 0 saturated carbocycles. The first-order valence-corrected chi connectivity index (χ1v) is 10.7. The van der Waals surface area contributed by atoms with Gasteiger partial charge in [0.05, 0.1) is 37.4 Å². The number of nitrogens with zero attached hydrogens (tertiary/aromatic N) is 3. The highest BCUT2D eigenvalue weighted by atomic mass is 32.2. The van der Waals surface area contributed by atoms with E-state index in [1.165, 1.54) is 7.11 Å². The van der Waals surface area contributed by atoms with Crippen LogP contribution in [0.25, 0.3) is 0 Å². The lowest BCUT2D eigenvalue weighted by molar-refractivity contribution is 0.155. The fourth-order valence-electron chi connectivity index (χ4n) is 3.24. The minimum atomic E-state index is -3.52. The maximum atomic E-state index is 12.8. The van der Waals surface area contributed by atoms with E-state index in [0.29, 0.717) is 25.7 Å². The molecule has 1 aliphatic rings. The topological polar surface area (TPSA) is 73.7 Å². The van der Waals surface area contributed by atoms with Gasteiger partial charge < -0.3 is 14.0 Å². The number of rotatable bonds is 9. The summed E-state index contributed by atoms with van der Waals surface area (Å²) in [6.07, 6.45) is 2.66. The van der Waals surface area contributed by atoms with Crippen LogP contribution in [-0.4, -0.2) is 68.6 Å². The molecule has 1 aromatic heterocycles. The van der Waals surface area contributed by atoms with E-state index in [2.05, 4.69) is 9.88 Å². The number of aromatic nitrogens is 2. The molecule has 0 radical (unpaired) electrons. The van der Waals surface area contributed by atoms with Gasteiger partial charge in [-0.3, -0.25) is 4.90 Å². The third-order valence-electron chi connectivity index (χ3n) is 4.86. The van der Waals surface area contributed by atoms with Crippen LogP contribution in [0.2, 0.25) is 0 Å². The minimum absolute atomic E-state index is 0.0823. The fourth-order valence-corrected chi connectivity index (χ4v) is 4.54. The lowest BCUT2D eigenvalue weighted by Crippen LogP contribution is -2.32. The van der Waals surface area contributed by atoms with Crippen LogP contribution in [0.5, 0.6) is 0 Å². The number of sulfone groups is 1. The first-order valence-electron chi connectivity index (χ1n) is 9.09. The van der Waals surface area contributed by atoms with E-state index in [1.807, 2.05) is 41.9 Å². The second-order valence-corrected chi connectivity index (χ2v) is 8.85. The smallest absolute Gasteiger partial charge is 0.228 e. The largest absolute Gasteiger partial charge is 0.384 e. The number of likely N-dealkylation sites (N-methyl/N-ethyl adjacent to an activating group) is 1. The third kappa shape index (κ3) is 4.95. The van der Waals surface area contributed by atoms with E-state index in [4.69, 9.17) is 9.47 Å². The Morgan fingerprint density at radius 1 is 1.33 bits per heavy atom. The lowest BCUT2D eigenvalue weighted by Gasteiger charge is -2.23. The third-order valence-corrected chi connectivity index (χ3v) is 6.45. The summed E-state index contributed by atoms with van der Waals surface area (Å²) in [5.41, 5.74) is 1.91. The first kappa shape index (κ1) is 20.0. The average Bonchev–Trinajstić information content (AvgIpc) is 3.32. The van der Waals surface area contributed by atoms with Crippen LogP contribution in [0.3, 0.4) is 0 Å². The van der Waals surface area contributed by atoms with E-state index in [0.717, 1.165) is 24.3 Å². The second kappa shape index (κ2) is 8.97. The van der Waals surface area contributed by atoms with Crippen LogP contribution in [0.4, 0.5) is 0 Å². The van der Waals surface area contributed by atoms with Gasteiger partial charge in [0.25, 0.3) is 0 Å². The molecule has 27 heavy (non-hydrogen) atoms. The summed E-state index contributed by atoms with van der Waals surface area (Å²) in [6, 6.07) is 10.2. The molecular weight excluding hydrogens is 366 g/mol. The number of imidazole rings is 1. The summed E-state index contributed by atoms with van der Waals surface area (Å²) in [5, 5.41) is 0.106. The van der Waals surface area contributed by atoms with Gasteiger partial charge >= 0.3 is 0 Å². The Labute approximate surface area is 160 Å². The molecule has 0 N–H and O–H groups in total. The molecule has 0 spiro atoms. The molecule has 0 aliphatic carbocycles. The molecule has 2 aromatic rings. The standard InChI is InChI=1S/C19H27N3O4S/c1-21(17-8-9-26-15-17)14-18-12-20-19(27(23,24)11-10-25-2)22(18)13-16-6-4-3-5-7-16/h3-7,12,17H,8-11,13-15H2,1-2H3/t17-/m1/s1. The zero-order valence-electron chi connectivity index (χ0n) is 15.9. The molecule has 0 unspecified atom stereocenters. The molecule has 1 atom stereocenters. The molecule has 0 bridgehead atoms. The Morgan fingerprint density at radius 3 is 2.78 bits per heavy atom. The Balaban J connectivity index is 1.90. The Bertz CT molecular complexity index is 830. The highest BCUT2D eigenvalue weighted by Crippen LogP contribution is 2.19. The first-order chi connectivity index (χ1) is 13.0. The van der Waals surface area contributed by atoms with Crippen molar-refractivity contribution in [3.05, 3.63) is 47.8 Å². The summed E-state index contributed by atoms with van der Waals surface area (Å²) >= 11 is 0. The number of methoxy groups -OCH3 is 1. The lowest BCUT2D eigenvalue weighted by atomic mass is 10.2. The van der Waals surface area contributed by atoms with Crippen molar-refractivity contribution in [2.45, 2.75) is 30.7 Å². The molecule has 1 aromatic carbocycles.